The third-order valence-corrected chi connectivity index (χ3v) is 4.64. The lowest BCUT2D eigenvalue weighted by atomic mass is 10.1. The monoisotopic (exact) mass is 330 g/mol. The zero-order valence-electron chi connectivity index (χ0n) is 13.4. The van der Waals surface area contributed by atoms with Crippen LogP contribution in [0.25, 0.3) is 0 Å². The zero-order valence-corrected chi connectivity index (χ0v) is 14.2. The smallest absolute Gasteiger partial charge is 0.323 e. The number of carboxylic acids is 1. The van der Waals surface area contributed by atoms with Crippen molar-refractivity contribution in [1.29, 1.82) is 0 Å². The molecule has 6 nitrogen and oxygen atoms in total. The van der Waals surface area contributed by atoms with E-state index < -0.39 is 5.97 Å². The Bertz CT molecular complexity index is 403. The van der Waals surface area contributed by atoms with Crippen LogP contribution in [0, 0.1) is 0 Å². The molecule has 1 N–H and O–H groups in total. The maximum atomic E-state index is 12.2. The summed E-state index contributed by atoms with van der Waals surface area (Å²) >= 11 is 1.74. The first kappa shape index (κ1) is 18.8. The van der Waals surface area contributed by atoms with Gasteiger partial charge in [0.05, 0.1) is 0 Å². The lowest BCUT2D eigenvalue weighted by Gasteiger charge is -2.28. The van der Waals surface area contributed by atoms with E-state index in [1.807, 2.05) is 11.2 Å². The largest absolute Gasteiger partial charge is 0.480 e. The first-order valence-corrected chi connectivity index (χ1v) is 9.10. The Morgan fingerprint density at radius 2 is 2.00 bits per heavy atom. The molecule has 0 aromatic heterocycles. The quantitative estimate of drug-likeness (QED) is 0.715. The molecule has 1 saturated heterocycles. The Morgan fingerprint density at radius 3 is 2.59 bits per heavy atom. The molecule has 0 bridgehead atoms. The van der Waals surface area contributed by atoms with E-state index >= 15 is 0 Å². The van der Waals surface area contributed by atoms with Crippen LogP contribution in [0.1, 0.15) is 39.0 Å². The van der Waals surface area contributed by atoms with Gasteiger partial charge >= 0.3 is 5.97 Å². The van der Waals surface area contributed by atoms with Crippen LogP contribution in [-0.2, 0) is 14.4 Å². The highest BCUT2D eigenvalue weighted by molar-refractivity contribution is 7.98. The van der Waals surface area contributed by atoms with Crippen molar-refractivity contribution in [3.8, 4) is 0 Å². The van der Waals surface area contributed by atoms with Gasteiger partial charge in [0.25, 0.3) is 0 Å². The second kappa shape index (κ2) is 9.71. The van der Waals surface area contributed by atoms with Gasteiger partial charge < -0.3 is 14.9 Å². The van der Waals surface area contributed by atoms with Gasteiger partial charge in [0.15, 0.2) is 0 Å². The Labute approximate surface area is 136 Å². The molecule has 1 aliphatic rings. The van der Waals surface area contributed by atoms with Crippen molar-refractivity contribution in [2.45, 2.75) is 45.1 Å². The number of thioether (sulfide) groups is 1. The number of carbonyl (C=O) groups is 3. The van der Waals surface area contributed by atoms with Gasteiger partial charge in [0.2, 0.25) is 11.8 Å². The SMILES string of the molecule is CSCCCC(=O)N1CCCC(N(CC(=O)O)C(C)=O)CC1. The molecule has 0 aromatic rings. The minimum atomic E-state index is -0.996. The third-order valence-electron chi connectivity index (χ3n) is 3.94. The van der Waals surface area contributed by atoms with Crippen LogP contribution in [-0.4, -0.2) is 70.4 Å². The number of carbonyl (C=O) groups excluding carboxylic acids is 2. The van der Waals surface area contributed by atoms with E-state index in [4.69, 9.17) is 5.11 Å². The van der Waals surface area contributed by atoms with Crippen molar-refractivity contribution < 1.29 is 19.5 Å². The number of carboxylic acid groups (broad SMARTS) is 1. The summed E-state index contributed by atoms with van der Waals surface area (Å²) in [6.07, 6.45) is 5.69. The molecule has 126 valence electrons. The molecule has 0 aromatic carbocycles. The third kappa shape index (κ3) is 6.25. The number of amides is 2. The van der Waals surface area contributed by atoms with E-state index in [0.717, 1.165) is 25.0 Å². The van der Waals surface area contributed by atoms with E-state index in [9.17, 15) is 14.4 Å². The highest BCUT2D eigenvalue weighted by Crippen LogP contribution is 2.18. The molecular weight excluding hydrogens is 304 g/mol. The summed E-state index contributed by atoms with van der Waals surface area (Å²) in [4.78, 5) is 38.0. The topological polar surface area (TPSA) is 77.9 Å². The maximum Gasteiger partial charge on any atom is 0.323 e. The Balaban J connectivity index is 2.54. The highest BCUT2D eigenvalue weighted by atomic mass is 32.2. The summed E-state index contributed by atoms with van der Waals surface area (Å²) in [6.45, 7) is 2.44. The number of likely N-dealkylation sites (tertiary alicyclic amines) is 1. The first-order chi connectivity index (χ1) is 10.5. The summed E-state index contributed by atoms with van der Waals surface area (Å²) in [5.74, 6) is -0.0576. The lowest BCUT2D eigenvalue weighted by Crippen LogP contribution is -2.43. The van der Waals surface area contributed by atoms with Gasteiger partial charge in [0.1, 0.15) is 6.54 Å². The van der Waals surface area contributed by atoms with Gasteiger partial charge in [-0.05, 0) is 37.7 Å². The van der Waals surface area contributed by atoms with Crippen molar-refractivity contribution >= 4 is 29.5 Å². The van der Waals surface area contributed by atoms with Gasteiger partial charge in [-0.2, -0.15) is 11.8 Å². The van der Waals surface area contributed by atoms with E-state index in [-0.39, 0.29) is 24.4 Å². The van der Waals surface area contributed by atoms with Crippen molar-refractivity contribution in [3.05, 3.63) is 0 Å². The molecule has 1 aliphatic heterocycles. The van der Waals surface area contributed by atoms with Crippen LogP contribution >= 0.6 is 11.8 Å². The standard InChI is InChI=1S/C15H26N2O4S/c1-12(18)17(11-15(20)21)13-5-3-8-16(9-7-13)14(19)6-4-10-22-2/h13H,3-11H2,1-2H3,(H,20,21). The predicted molar refractivity (Wildman–Crippen MR) is 86.9 cm³/mol. The Kier molecular flexibility index (Phi) is 8.30. The number of hydrogen-bond acceptors (Lipinski definition) is 4. The molecule has 0 radical (unpaired) electrons. The van der Waals surface area contributed by atoms with Crippen molar-refractivity contribution in [2.24, 2.45) is 0 Å². The summed E-state index contributed by atoms with van der Waals surface area (Å²) in [6, 6.07) is -0.0856. The average molecular weight is 330 g/mol. The zero-order chi connectivity index (χ0) is 16.5. The summed E-state index contributed by atoms with van der Waals surface area (Å²) in [7, 11) is 0. The van der Waals surface area contributed by atoms with Crippen LogP contribution in [0.2, 0.25) is 0 Å². The molecule has 2 amide bonds. The van der Waals surface area contributed by atoms with E-state index in [1.165, 1.54) is 11.8 Å². The second-order valence-electron chi connectivity index (χ2n) is 5.60. The van der Waals surface area contributed by atoms with Gasteiger partial charge in [-0.15, -0.1) is 0 Å². The molecule has 0 spiro atoms. The molecular formula is C15H26N2O4S. The van der Waals surface area contributed by atoms with Crippen LogP contribution in [0.5, 0.6) is 0 Å². The Hall–Kier alpha value is -1.24. The molecule has 1 unspecified atom stereocenters. The van der Waals surface area contributed by atoms with Gasteiger partial charge in [-0.3, -0.25) is 14.4 Å². The van der Waals surface area contributed by atoms with Gasteiger partial charge in [-0.25, -0.2) is 0 Å². The van der Waals surface area contributed by atoms with Crippen molar-refractivity contribution in [2.75, 3.05) is 31.6 Å². The fourth-order valence-corrected chi connectivity index (χ4v) is 3.24. The van der Waals surface area contributed by atoms with E-state index in [1.54, 1.807) is 11.8 Å². The number of aliphatic carboxylic acids is 1. The Morgan fingerprint density at radius 1 is 1.27 bits per heavy atom. The van der Waals surface area contributed by atoms with Crippen molar-refractivity contribution in [1.82, 2.24) is 9.80 Å². The maximum absolute atomic E-state index is 12.2. The predicted octanol–water partition coefficient (Wildman–Crippen LogP) is 1.44. The molecule has 1 atom stereocenters. The fraction of sp³-hybridized carbons (Fsp3) is 0.800. The highest BCUT2D eigenvalue weighted by Gasteiger charge is 2.27. The average Bonchev–Trinajstić information content (AvgIpc) is 2.70. The lowest BCUT2D eigenvalue weighted by molar-refractivity contribution is -0.145. The number of rotatable bonds is 7. The minimum absolute atomic E-state index is 0.0856. The minimum Gasteiger partial charge on any atom is -0.480 e. The second-order valence-corrected chi connectivity index (χ2v) is 6.59. The van der Waals surface area contributed by atoms with E-state index in [2.05, 4.69) is 0 Å². The van der Waals surface area contributed by atoms with Crippen molar-refractivity contribution in [3.63, 3.8) is 0 Å². The summed E-state index contributed by atoms with van der Waals surface area (Å²) < 4.78 is 0. The van der Waals surface area contributed by atoms with Crippen LogP contribution in [0.15, 0.2) is 0 Å². The normalized spacial score (nSPS) is 18.6. The summed E-state index contributed by atoms with van der Waals surface area (Å²) in [5, 5.41) is 8.93. The van der Waals surface area contributed by atoms with Crippen LogP contribution in [0.4, 0.5) is 0 Å². The van der Waals surface area contributed by atoms with Gasteiger partial charge in [-0.1, -0.05) is 0 Å². The molecule has 0 saturated carbocycles. The molecule has 0 aliphatic carbocycles. The molecule has 22 heavy (non-hydrogen) atoms. The number of hydrogen-bond donors (Lipinski definition) is 1. The molecule has 1 fully saturated rings. The number of nitrogens with zero attached hydrogens (tertiary/aromatic N) is 2. The summed E-state index contributed by atoms with van der Waals surface area (Å²) in [5.41, 5.74) is 0. The van der Waals surface area contributed by atoms with Gasteiger partial charge in [0, 0.05) is 32.5 Å². The fourth-order valence-electron chi connectivity index (χ4n) is 2.81. The molecule has 7 heteroatoms. The first-order valence-electron chi connectivity index (χ1n) is 7.71. The van der Waals surface area contributed by atoms with E-state index in [0.29, 0.717) is 25.9 Å². The van der Waals surface area contributed by atoms with Crippen LogP contribution in [0.3, 0.4) is 0 Å². The molecule has 1 rings (SSSR count). The van der Waals surface area contributed by atoms with Crippen LogP contribution < -0.4 is 0 Å². The molecule has 1 heterocycles.